The Morgan fingerprint density at radius 3 is 2.43 bits per heavy atom. The van der Waals surface area contributed by atoms with Crippen LogP contribution in [0.2, 0.25) is 0 Å². The van der Waals surface area contributed by atoms with Crippen LogP contribution in [0, 0.1) is 12.7 Å². The van der Waals surface area contributed by atoms with Crippen LogP contribution >= 0.6 is 0 Å². The maximum atomic E-state index is 14.3. The lowest BCUT2D eigenvalue weighted by atomic mass is 10.0. The summed E-state index contributed by atoms with van der Waals surface area (Å²) in [5, 5.41) is 0. The molecule has 0 unspecified atom stereocenters. The first-order chi connectivity index (χ1) is 9.88. The van der Waals surface area contributed by atoms with Crippen molar-refractivity contribution < 1.29 is 17.6 Å². The molecule has 0 bridgehead atoms. The normalized spacial score (nSPS) is 12.0. The molecule has 2 aromatic carbocycles. The number of nitrogens with zero attached hydrogens (tertiary/aromatic N) is 1. The number of alkyl halides is 3. The quantitative estimate of drug-likeness (QED) is 0.648. The molecule has 0 saturated carbocycles. The van der Waals surface area contributed by atoms with Crippen LogP contribution in [0.15, 0.2) is 36.4 Å². The highest BCUT2D eigenvalue weighted by atomic mass is 19.4. The van der Waals surface area contributed by atoms with Gasteiger partial charge in [0.2, 0.25) is 0 Å². The number of aryl methyl sites for hydroxylation is 1. The van der Waals surface area contributed by atoms with Crippen molar-refractivity contribution in [3.05, 3.63) is 53.3 Å². The smallest absolute Gasteiger partial charge is 0.338 e. The zero-order valence-electron chi connectivity index (χ0n) is 10.9. The maximum Gasteiger partial charge on any atom is 0.419 e. The van der Waals surface area contributed by atoms with Crippen LogP contribution in [0.5, 0.6) is 0 Å². The minimum Gasteiger partial charge on any atom is -0.338 e. The van der Waals surface area contributed by atoms with Crippen LogP contribution in [0.4, 0.5) is 17.6 Å². The van der Waals surface area contributed by atoms with Crippen molar-refractivity contribution >= 4 is 11.0 Å². The van der Waals surface area contributed by atoms with Gasteiger partial charge in [-0.3, -0.25) is 0 Å². The first-order valence-electron chi connectivity index (χ1n) is 6.19. The molecular formula is C15H10F4N2. The molecule has 1 aromatic heterocycles. The van der Waals surface area contributed by atoms with E-state index in [1.807, 2.05) is 0 Å². The summed E-state index contributed by atoms with van der Waals surface area (Å²) in [4.78, 5) is 6.97. The summed E-state index contributed by atoms with van der Waals surface area (Å²) >= 11 is 0. The van der Waals surface area contributed by atoms with E-state index in [1.54, 1.807) is 24.3 Å². The third kappa shape index (κ3) is 2.26. The maximum absolute atomic E-state index is 14.3. The zero-order valence-corrected chi connectivity index (χ0v) is 10.9. The third-order valence-corrected chi connectivity index (χ3v) is 3.28. The molecule has 0 aliphatic rings. The second-order valence-corrected chi connectivity index (χ2v) is 4.72. The van der Waals surface area contributed by atoms with Gasteiger partial charge in [-0.05, 0) is 30.7 Å². The van der Waals surface area contributed by atoms with Gasteiger partial charge in [0.1, 0.15) is 11.6 Å². The average molecular weight is 294 g/mol. The molecule has 0 atom stereocenters. The first kappa shape index (κ1) is 13.6. The Morgan fingerprint density at radius 2 is 1.76 bits per heavy atom. The number of imidazole rings is 1. The molecule has 1 N–H and O–H groups in total. The molecule has 0 amide bonds. The van der Waals surface area contributed by atoms with E-state index in [-0.39, 0.29) is 17.0 Å². The first-order valence-corrected chi connectivity index (χ1v) is 6.19. The molecule has 0 saturated heterocycles. The fourth-order valence-corrected chi connectivity index (χ4v) is 2.28. The summed E-state index contributed by atoms with van der Waals surface area (Å²) in [5.74, 6) is -1.22. The van der Waals surface area contributed by atoms with E-state index in [2.05, 4.69) is 9.97 Å². The van der Waals surface area contributed by atoms with Crippen LogP contribution in [0.3, 0.4) is 0 Å². The standard InChI is InChI=1S/C15H10F4N2/c1-8-6-7-9(13(16)12(8)15(17,18)19)14-20-10-4-2-3-5-11(10)21-14/h2-7H,1H3,(H,20,21). The Bertz CT molecular complexity index is 785. The van der Waals surface area contributed by atoms with Crippen LogP contribution in [-0.2, 0) is 6.18 Å². The second-order valence-electron chi connectivity index (χ2n) is 4.72. The van der Waals surface area contributed by atoms with Gasteiger partial charge >= 0.3 is 6.18 Å². The SMILES string of the molecule is Cc1ccc(-c2nc3ccccc3[nH]2)c(F)c1C(F)(F)F. The van der Waals surface area contributed by atoms with Crippen molar-refractivity contribution in [1.29, 1.82) is 0 Å². The molecule has 0 aliphatic heterocycles. The number of benzene rings is 2. The van der Waals surface area contributed by atoms with Crippen LogP contribution in [-0.4, -0.2) is 9.97 Å². The highest BCUT2D eigenvalue weighted by Crippen LogP contribution is 2.37. The number of fused-ring (bicyclic) bond motifs is 1. The largest absolute Gasteiger partial charge is 0.419 e. The minimum atomic E-state index is -4.74. The number of aromatic nitrogens is 2. The number of aromatic amines is 1. The van der Waals surface area contributed by atoms with E-state index in [9.17, 15) is 17.6 Å². The molecule has 0 fully saturated rings. The molecule has 3 aromatic rings. The van der Waals surface area contributed by atoms with Crippen molar-refractivity contribution in [2.75, 3.05) is 0 Å². The van der Waals surface area contributed by atoms with Gasteiger partial charge < -0.3 is 4.98 Å². The van der Waals surface area contributed by atoms with Crippen molar-refractivity contribution in [3.63, 3.8) is 0 Å². The fourth-order valence-electron chi connectivity index (χ4n) is 2.28. The van der Waals surface area contributed by atoms with E-state index in [0.29, 0.717) is 11.0 Å². The van der Waals surface area contributed by atoms with E-state index >= 15 is 0 Å². The summed E-state index contributed by atoms with van der Waals surface area (Å²) in [7, 11) is 0. The van der Waals surface area contributed by atoms with Crippen LogP contribution in [0.25, 0.3) is 22.4 Å². The second kappa shape index (κ2) is 4.58. The number of H-pyrrole nitrogens is 1. The lowest BCUT2D eigenvalue weighted by Gasteiger charge is -2.13. The van der Waals surface area contributed by atoms with E-state index in [1.165, 1.54) is 19.1 Å². The number of para-hydroxylation sites is 2. The van der Waals surface area contributed by atoms with Gasteiger partial charge in [-0.25, -0.2) is 9.37 Å². The lowest BCUT2D eigenvalue weighted by Crippen LogP contribution is -2.11. The van der Waals surface area contributed by atoms with Crippen molar-refractivity contribution in [3.8, 4) is 11.4 Å². The Morgan fingerprint density at radius 1 is 1.05 bits per heavy atom. The van der Waals surface area contributed by atoms with E-state index < -0.39 is 17.6 Å². The van der Waals surface area contributed by atoms with Crippen molar-refractivity contribution in [1.82, 2.24) is 9.97 Å². The predicted octanol–water partition coefficient (Wildman–Crippen LogP) is 4.70. The Balaban J connectivity index is 2.23. The van der Waals surface area contributed by atoms with Gasteiger partial charge in [0.15, 0.2) is 0 Å². The number of halogens is 4. The molecule has 1 heterocycles. The van der Waals surface area contributed by atoms with Gasteiger partial charge in [0.05, 0.1) is 22.2 Å². The van der Waals surface area contributed by atoms with Crippen LogP contribution < -0.4 is 0 Å². The number of hydrogen-bond donors (Lipinski definition) is 1. The predicted molar refractivity (Wildman–Crippen MR) is 71.2 cm³/mol. The third-order valence-electron chi connectivity index (χ3n) is 3.28. The lowest BCUT2D eigenvalue weighted by molar-refractivity contribution is -0.140. The number of nitrogens with one attached hydrogen (secondary N) is 1. The molecule has 6 heteroatoms. The number of hydrogen-bond acceptors (Lipinski definition) is 1. The van der Waals surface area contributed by atoms with Crippen molar-refractivity contribution in [2.45, 2.75) is 13.1 Å². The average Bonchev–Trinajstić information content (AvgIpc) is 2.80. The van der Waals surface area contributed by atoms with E-state index in [0.717, 1.165) is 0 Å². The molecule has 0 aliphatic carbocycles. The molecule has 2 nitrogen and oxygen atoms in total. The molecule has 0 spiro atoms. The van der Waals surface area contributed by atoms with Gasteiger partial charge in [-0.15, -0.1) is 0 Å². The zero-order chi connectivity index (χ0) is 15.2. The topological polar surface area (TPSA) is 28.7 Å². The van der Waals surface area contributed by atoms with Gasteiger partial charge in [0.25, 0.3) is 0 Å². The monoisotopic (exact) mass is 294 g/mol. The highest BCUT2D eigenvalue weighted by molar-refractivity contribution is 5.79. The van der Waals surface area contributed by atoms with Gasteiger partial charge in [-0.1, -0.05) is 18.2 Å². The van der Waals surface area contributed by atoms with Gasteiger partial charge in [0, 0.05) is 0 Å². The number of rotatable bonds is 1. The summed E-state index contributed by atoms with van der Waals surface area (Å²) in [6.07, 6.45) is -4.74. The Labute approximate surface area is 117 Å². The van der Waals surface area contributed by atoms with Gasteiger partial charge in [-0.2, -0.15) is 13.2 Å². The summed E-state index contributed by atoms with van der Waals surface area (Å²) in [6, 6.07) is 9.48. The Hall–Kier alpha value is -2.37. The molecule has 3 rings (SSSR count). The molecular weight excluding hydrogens is 284 g/mol. The van der Waals surface area contributed by atoms with Crippen LogP contribution in [0.1, 0.15) is 11.1 Å². The highest BCUT2D eigenvalue weighted by Gasteiger charge is 2.37. The summed E-state index contributed by atoms with van der Waals surface area (Å²) < 4.78 is 53.1. The fraction of sp³-hybridized carbons (Fsp3) is 0.133. The summed E-state index contributed by atoms with van der Waals surface area (Å²) in [5.41, 5.74) is -0.383. The summed E-state index contributed by atoms with van der Waals surface area (Å²) in [6.45, 7) is 1.23. The Kier molecular flexibility index (Phi) is 2.97. The molecule has 21 heavy (non-hydrogen) atoms. The molecule has 108 valence electrons. The van der Waals surface area contributed by atoms with Crippen molar-refractivity contribution in [2.24, 2.45) is 0 Å². The minimum absolute atomic E-state index is 0.0826. The molecule has 0 radical (unpaired) electrons. The van der Waals surface area contributed by atoms with E-state index in [4.69, 9.17) is 0 Å².